The number of methoxy groups -OCH3 is 1. The summed E-state index contributed by atoms with van der Waals surface area (Å²) in [5, 5.41) is 0.698. The lowest BCUT2D eigenvalue weighted by Crippen LogP contribution is -2.44. The number of ether oxygens (including phenoxy) is 3. The molecule has 1 aliphatic rings. The minimum Gasteiger partial charge on any atom is -0.497 e. The molecule has 0 saturated carbocycles. The van der Waals surface area contributed by atoms with Gasteiger partial charge in [-0.2, -0.15) is 0 Å². The smallest absolute Gasteiger partial charge is 0.411 e. The van der Waals surface area contributed by atoms with Gasteiger partial charge in [0.05, 0.1) is 25.1 Å². The van der Waals surface area contributed by atoms with E-state index >= 15 is 0 Å². The molecular formula is C25H31N5O5. The van der Waals surface area contributed by atoms with E-state index in [4.69, 9.17) is 19.9 Å². The zero-order valence-electron chi connectivity index (χ0n) is 20.6. The summed E-state index contributed by atoms with van der Waals surface area (Å²) >= 11 is 0. The van der Waals surface area contributed by atoms with Gasteiger partial charge >= 0.3 is 12.1 Å². The first-order chi connectivity index (χ1) is 16.6. The van der Waals surface area contributed by atoms with Crippen LogP contribution in [-0.4, -0.2) is 63.4 Å². The molecule has 0 spiro atoms. The summed E-state index contributed by atoms with van der Waals surface area (Å²) in [4.78, 5) is 35.9. The quantitative estimate of drug-likeness (QED) is 0.546. The van der Waals surface area contributed by atoms with Crippen LogP contribution in [0.5, 0.6) is 5.75 Å². The van der Waals surface area contributed by atoms with Crippen molar-refractivity contribution in [1.29, 1.82) is 0 Å². The first-order valence-electron chi connectivity index (χ1n) is 11.5. The summed E-state index contributed by atoms with van der Waals surface area (Å²) in [5.41, 5.74) is 7.92. The number of anilines is 1. The number of hydrogen-bond acceptors (Lipinski definition) is 8. The lowest BCUT2D eigenvalue weighted by atomic mass is 10.1. The molecule has 3 aromatic rings. The number of hydrogen-bond donors (Lipinski definition) is 1. The monoisotopic (exact) mass is 481 g/mol. The number of nitrogens with two attached hydrogens (primary N) is 1. The second-order valence-electron chi connectivity index (χ2n) is 9.43. The van der Waals surface area contributed by atoms with Gasteiger partial charge in [-0.25, -0.2) is 19.6 Å². The highest BCUT2D eigenvalue weighted by atomic mass is 16.6. The Kier molecular flexibility index (Phi) is 6.56. The molecule has 2 atom stereocenters. The van der Waals surface area contributed by atoms with Crippen molar-refractivity contribution in [3.63, 3.8) is 0 Å². The van der Waals surface area contributed by atoms with Crippen LogP contribution in [0.1, 0.15) is 40.2 Å². The Bertz CT molecular complexity index is 1250. The minimum atomic E-state index is -0.772. The highest BCUT2D eigenvalue weighted by molar-refractivity contribution is 6.01. The van der Waals surface area contributed by atoms with Crippen LogP contribution in [0.2, 0.25) is 0 Å². The van der Waals surface area contributed by atoms with E-state index in [0.717, 1.165) is 11.1 Å². The lowest BCUT2D eigenvalue weighted by molar-refractivity contribution is -0.148. The van der Waals surface area contributed by atoms with Crippen LogP contribution < -0.4 is 10.5 Å². The normalized spacial score (nSPS) is 18.0. The zero-order chi connectivity index (χ0) is 25.3. The topological polar surface area (TPSA) is 122 Å². The number of amides is 1. The Balaban J connectivity index is 1.77. The van der Waals surface area contributed by atoms with Crippen molar-refractivity contribution in [2.45, 2.75) is 51.8 Å². The van der Waals surface area contributed by atoms with E-state index in [0.29, 0.717) is 29.0 Å². The molecule has 1 saturated heterocycles. The van der Waals surface area contributed by atoms with Crippen LogP contribution in [0.4, 0.5) is 10.6 Å². The van der Waals surface area contributed by atoms with Gasteiger partial charge in [0.25, 0.3) is 0 Å². The second-order valence-corrected chi connectivity index (χ2v) is 9.43. The summed E-state index contributed by atoms with van der Waals surface area (Å²) in [7, 11) is 1.61. The standard InChI is InChI=1S/C25H31N5O5/c1-6-34-23(31)19-11-16(12-30(19)24(32)35-25(2,3)4)29-13-18(15-8-7-9-17(10-15)33-5)20-21(26)27-14-28-22(20)29/h7-10,13-14,16,19H,6,11-12H2,1-5H3,(H2,26,27,28). The maximum atomic E-state index is 13.0. The van der Waals surface area contributed by atoms with Crippen molar-refractivity contribution in [2.75, 3.05) is 26.0 Å². The van der Waals surface area contributed by atoms with E-state index in [2.05, 4.69) is 9.97 Å². The van der Waals surface area contributed by atoms with E-state index in [-0.39, 0.29) is 19.2 Å². The molecular weight excluding hydrogens is 450 g/mol. The molecule has 35 heavy (non-hydrogen) atoms. The molecule has 1 aromatic carbocycles. The fourth-order valence-corrected chi connectivity index (χ4v) is 4.40. The molecule has 1 aliphatic heterocycles. The number of carbonyl (C=O) groups is 2. The predicted molar refractivity (Wildman–Crippen MR) is 131 cm³/mol. The van der Waals surface area contributed by atoms with E-state index in [9.17, 15) is 9.59 Å². The molecule has 186 valence electrons. The number of esters is 1. The van der Waals surface area contributed by atoms with E-state index in [1.54, 1.807) is 34.8 Å². The molecule has 4 rings (SSSR count). The SMILES string of the molecule is CCOC(=O)C1CC(n2cc(-c3cccc(OC)c3)c3c(N)ncnc32)CN1C(=O)OC(C)(C)C. The molecule has 1 amide bonds. The Hall–Kier alpha value is -3.82. The van der Waals surface area contributed by atoms with Crippen molar-refractivity contribution < 1.29 is 23.8 Å². The van der Waals surface area contributed by atoms with Gasteiger partial charge in [-0.15, -0.1) is 0 Å². The van der Waals surface area contributed by atoms with Gasteiger partial charge < -0.3 is 24.5 Å². The predicted octanol–water partition coefficient (Wildman–Crippen LogP) is 3.80. The number of nitrogen functional groups attached to an aromatic ring is 1. The molecule has 3 heterocycles. The number of likely N-dealkylation sites (tertiary alicyclic amines) is 1. The fraction of sp³-hybridized carbons (Fsp3) is 0.440. The van der Waals surface area contributed by atoms with Crippen molar-refractivity contribution in [3.05, 3.63) is 36.8 Å². The average molecular weight is 482 g/mol. The molecule has 10 nitrogen and oxygen atoms in total. The summed E-state index contributed by atoms with van der Waals surface area (Å²) in [6, 6.07) is 6.60. The third-order valence-corrected chi connectivity index (χ3v) is 5.88. The molecule has 0 radical (unpaired) electrons. The van der Waals surface area contributed by atoms with Crippen LogP contribution in [0, 0.1) is 0 Å². The van der Waals surface area contributed by atoms with Gasteiger partial charge in [0, 0.05) is 24.7 Å². The van der Waals surface area contributed by atoms with Crippen LogP contribution in [0.25, 0.3) is 22.2 Å². The fourth-order valence-electron chi connectivity index (χ4n) is 4.40. The van der Waals surface area contributed by atoms with Gasteiger partial charge in [0.1, 0.15) is 35.2 Å². The molecule has 2 unspecified atom stereocenters. The Morgan fingerprint density at radius 3 is 2.69 bits per heavy atom. The maximum absolute atomic E-state index is 13.0. The van der Waals surface area contributed by atoms with Crippen LogP contribution >= 0.6 is 0 Å². The molecule has 10 heteroatoms. The van der Waals surface area contributed by atoms with Crippen LogP contribution in [-0.2, 0) is 14.3 Å². The van der Waals surface area contributed by atoms with E-state index in [1.165, 1.54) is 11.2 Å². The average Bonchev–Trinajstić information content (AvgIpc) is 3.41. The first-order valence-corrected chi connectivity index (χ1v) is 11.5. The van der Waals surface area contributed by atoms with Gasteiger partial charge in [-0.05, 0) is 45.4 Å². The Labute approximate surface area is 204 Å². The highest BCUT2D eigenvalue weighted by Gasteiger charge is 2.43. The van der Waals surface area contributed by atoms with Gasteiger partial charge in [-0.1, -0.05) is 12.1 Å². The Morgan fingerprint density at radius 1 is 1.23 bits per heavy atom. The number of benzene rings is 1. The van der Waals surface area contributed by atoms with Crippen LogP contribution in [0.15, 0.2) is 36.8 Å². The highest BCUT2D eigenvalue weighted by Crippen LogP contribution is 2.39. The Morgan fingerprint density at radius 2 is 2.00 bits per heavy atom. The maximum Gasteiger partial charge on any atom is 0.411 e. The zero-order valence-corrected chi connectivity index (χ0v) is 20.6. The van der Waals surface area contributed by atoms with E-state index < -0.39 is 23.7 Å². The van der Waals surface area contributed by atoms with Crippen molar-refractivity contribution in [1.82, 2.24) is 19.4 Å². The molecule has 0 aliphatic carbocycles. The van der Waals surface area contributed by atoms with E-state index in [1.807, 2.05) is 35.0 Å². The van der Waals surface area contributed by atoms with Gasteiger partial charge in [0.2, 0.25) is 0 Å². The number of aromatic nitrogens is 3. The number of carbonyl (C=O) groups excluding carboxylic acids is 2. The number of rotatable bonds is 5. The molecule has 2 N–H and O–H groups in total. The summed E-state index contributed by atoms with van der Waals surface area (Å²) in [6.07, 6.45) is 3.14. The molecule has 0 bridgehead atoms. The van der Waals surface area contributed by atoms with Crippen molar-refractivity contribution in [3.8, 4) is 16.9 Å². The molecule has 2 aromatic heterocycles. The lowest BCUT2D eigenvalue weighted by Gasteiger charge is -2.27. The summed E-state index contributed by atoms with van der Waals surface area (Å²) in [5.74, 6) is 0.591. The minimum absolute atomic E-state index is 0.221. The largest absolute Gasteiger partial charge is 0.497 e. The van der Waals surface area contributed by atoms with Crippen LogP contribution in [0.3, 0.4) is 0 Å². The van der Waals surface area contributed by atoms with Gasteiger partial charge in [-0.3, -0.25) is 4.90 Å². The van der Waals surface area contributed by atoms with Gasteiger partial charge in [0.15, 0.2) is 0 Å². The summed E-state index contributed by atoms with van der Waals surface area (Å²) < 4.78 is 18.2. The third-order valence-electron chi connectivity index (χ3n) is 5.88. The first kappa shape index (κ1) is 24.3. The second kappa shape index (κ2) is 9.44. The van der Waals surface area contributed by atoms with Crippen molar-refractivity contribution in [2.24, 2.45) is 0 Å². The third kappa shape index (κ3) is 4.87. The molecule has 1 fully saturated rings. The number of nitrogens with zero attached hydrogens (tertiary/aromatic N) is 4. The number of fused-ring (bicyclic) bond motifs is 1. The summed E-state index contributed by atoms with van der Waals surface area (Å²) in [6.45, 7) is 7.58. The van der Waals surface area contributed by atoms with Crippen molar-refractivity contribution >= 4 is 28.9 Å².